The predicted octanol–water partition coefficient (Wildman–Crippen LogP) is 4.06. The molecule has 0 atom stereocenters. The predicted molar refractivity (Wildman–Crippen MR) is 116 cm³/mol. The molecule has 0 saturated carbocycles. The van der Waals surface area contributed by atoms with Gasteiger partial charge in [0.2, 0.25) is 22.1 Å². The summed E-state index contributed by atoms with van der Waals surface area (Å²) in [5.74, 6) is 0.425. The van der Waals surface area contributed by atoms with Crippen LogP contribution in [0.4, 0.5) is 4.39 Å². The first-order valence-electron chi connectivity index (χ1n) is 9.86. The average molecular weight is 451 g/mol. The number of rotatable bonds is 4. The van der Waals surface area contributed by atoms with Crippen molar-refractivity contribution < 1.29 is 22.3 Å². The summed E-state index contributed by atoms with van der Waals surface area (Å²) in [4.78, 5) is 13.0. The van der Waals surface area contributed by atoms with Crippen LogP contribution in [0.15, 0.2) is 81.4 Å². The molecule has 1 aromatic heterocycles. The maximum absolute atomic E-state index is 13.8. The minimum Gasteiger partial charge on any atom is -0.454 e. The van der Waals surface area contributed by atoms with Gasteiger partial charge in [-0.3, -0.25) is 4.79 Å². The normalized spacial score (nSPS) is 12.9. The number of aromatic nitrogens is 1. The van der Waals surface area contributed by atoms with Crippen LogP contribution in [0.2, 0.25) is 0 Å². The smallest absolute Gasteiger partial charge is 0.231 e. The van der Waals surface area contributed by atoms with Crippen molar-refractivity contribution in [2.45, 2.75) is 23.3 Å². The molecule has 1 aliphatic rings. The molecule has 6 nitrogen and oxygen atoms in total. The van der Waals surface area contributed by atoms with Gasteiger partial charge in [0.15, 0.2) is 11.5 Å². The molecule has 0 fully saturated rings. The lowest BCUT2D eigenvalue weighted by Gasteiger charge is -2.15. The van der Waals surface area contributed by atoms with Crippen LogP contribution in [-0.2, 0) is 16.4 Å². The van der Waals surface area contributed by atoms with Gasteiger partial charge in [-0.05, 0) is 42.8 Å². The molecular weight excluding hydrogens is 433 g/mol. The quantitative estimate of drug-likeness (QED) is 0.468. The van der Waals surface area contributed by atoms with Gasteiger partial charge in [0.25, 0.3) is 0 Å². The Morgan fingerprint density at radius 3 is 2.44 bits per heavy atom. The number of nitrogens with zero attached hydrogens (tertiary/aromatic N) is 1. The first-order chi connectivity index (χ1) is 15.3. The zero-order valence-corrected chi connectivity index (χ0v) is 17.9. The summed E-state index contributed by atoms with van der Waals surface area (Å²) in [6.45, 7) is 2.02. The maximum Gasteiger partial charge on any atom is 0.231 e. The molecule has 3 aromatic carbocycles. The van der Waals surface area contributed by atoms with E-state index in [0.29, 0.717) is 22.6 Å². The summed E-state index contributed by atoms with van der Waals surface area (Å²) >= 11 is 0. The van der Waals surface area contributed by atoms with Crippen LogP contribution < -0.4 is 14.9 Å². The van der Waals surface area contributed by atoms with Crippen LogP contribution >= 0.6 is 0 Å². The van der Waals surface area contributed by atoms with Gasteiger partial charge in [0.1, 0.15) is 10.7 Å². The van der Waals surface area contributed by atoms with Crippen LogP contribution in [0, 0.1) is 12.7 Å². The van der Waals surface area contributed by atoms with Crippen LogP contribution in [0.25, 0.3) is 10.9 Å². The standard InChI is InChI=1S/C24H18FNO5S/c1-15-5-7-18(8-6-15)32(28,29)23-13-26(12-16-3-2-4-17(25)9-16)20-11-22-21(30-14-31-22)10-19(20)24(23)27/h2-11,13H,12,14H2,1H3. The summed E-state index contributed by atoms with van der Waals surface area (Å²) in [5, 5.41) is 0.179. The van der Waals surface area contributed by atoms with E-state index < -0.39 is 21.1 Å². The lowest BCUT2D eigenvalue weighted by Crippen LogP contribution is -2.19. The van der Waals surface area contributed by atoms with Crippen molar-refractivity contribution in [1.29, 1.82) is 0 Å². The van der Waals surface area contributed by atoms with Gasteiger partial charge < -0.3 is 14.0 Å². The number of aryl methyl sites for hydroxylation is 1. The van der Waals surface area contributed by atoms with Gasteiger partial charge in [-0.15, -0.1) is 0 Å². The Bertz CT molecular complexity index is 1530. The van der Waals surface area contributed by atoms with Crippen molar-refractivity contribution >= 4 is 20.7 Å². The van der Waals surface area contributed by atoms with Crippen molar-refractivity contribution in [3.8, 4) is 11.5 Å². The van der Waals surface area contributed by atoms with E-state index in [0.717, 1.165) is 5.56 Å². The van der Waals surface area contributed by atoms with E-state index in [9.17, 15) is 17.6 Å². The Hall–Kier alpha value is -3.65. The molecule has 0 unspecified atom stereocenters. The summed E-state index contributed by atoms with van der Waals surface area (Å²) in [6, 6.07) is 15.5. The minimum atomic E-state index is -4.09. The highest BCUT2D eigenvalue weighted by Gasteiger charge is 2.26. The van der Waals surface area contributed by atoms with E-state index in [4.69, 9.17) is 9.47 Å². The highest BCUT2D eigenvalue weighted by Crippen LogP contribution is 2.36. The molecule has 2 heterocycles. The summed E-state index contributed by atoms with van der Waals surface area (Å²) in [5.41, 5.74) is 1.35. The lowest BCUT2D eigenvalue weighted by atomic mass is 10.1. The van der Waals surface area contributed by atoms with Gasteiger partial charge in [0, 0.05) is 18.8 Å². The van der Waals surface area contributed by atoms with Crippen molar-refractivity contribution in [3.63, 3.8) is 0 Å². The van der Waals surface area contributed by atoms with Gasteiger partial charge >= 0.3 is 0 Å². The van der Waals surface area contributed by atoms with Gasteiger partial charge in [-0.25, -0.2) is 12.8 Å². The van der Waals surface area contributed by atoms with Crippen molar-refractivity contribution in [3.05, 3.63) is 94.0 Å². The number of halogens is 1. The Labute approximate surface area is 183 Å². The molecule has 5 rings (SSSR count). The van der Waals surface area contributed by atoms with E-state index in [1.807, 2.05) is 6.92 Å². The first kappa shape index (κ1) is 20.3. The highest BCUT2D eigenvalue weighted by molar-refractivity contribution is 7.91. The zero-order valence-electron chi connectivity index (χ0n) is 17.0. The van der Waals surface area contributed by atoms with Gasteiger partial charge in [-0.2, -0.15) is 0 Å². The monoisotopic (exact) mass is 451 g/mol. The molecule has 162 valence electrons. The largest absolute Gasteiger partial charge is 0.454 e. The number of hydrogen-bond acceptors (Lipinski definition) is 5. The Morgan fingerprint density at radius 1 is 1.00 bits per heavy atom. The average Bonchev–Trinajstić information content (AvgIpc) is 3.22. The summed E-state index contributed by atoms with van der Waals surface area (Å²) in [6.07, 6.45) is 1.31. The third kappa shape index (κ3) is 3.42. The van der Waals surface area contributed by atoms with Crippen LogP contribution in [-0.4, -0.2) is 19.8 Å². The highest BCUT2D eigenvalue weighted by atomic mass is 32.2. The number of fused-ring (bicyclic) bond motifs is 2. The molecule has 0 bridgehead atoms. The third-order valence-electron chi connectivity index (χ3n) is 5.40. The van der Waals surface area contributed by atoms with Crippen LogP contribution in [0.5, 0.6) is 11.5 Å². The van der Waals surface area contributed by atoms with Crippen molar-refractivity contribution in [2.24, 2.45) is 0 Å². The molecular formula is C24H18FNO5S. The van der Waals surface area contributed by atoms with Gasteiger partial charge in [0.05, 0.1) is 15.8 Å². The fraction of sp³-hybridized carbons (Fsp3) is 0.125. The van der Waals surface area contributed by atoms with Crippen molar-refractivity contribution in [1.82, 2.24) is 4.57 Å². The van der Waals surface area contributed by atoms with E-state index in [1.165, 1.54) is 36.5 Å². The number of sulfone groups is 1. The van der Waals surface area contributed by atoms with E-state index in [-0.39, 0.29) is 28.5 Å². The number of pyridine rings is 1. The number of benzene rings is 3. The molecule has 0 radical (unpaired) electrons. The fourth-order valence-electron chi connectivity index (χ4n) is 3.75. The fourth-order valence-corrected chi connectivity index (χ4v) is 5.12. The Morgan fingerprint density at radius 2 is 1.72 bits per heavy atom. The molecule has 0 saturated heterocycles. The van der Waals surface area contributed by atoms with E-state index in [2.05, 4.69) is 0 Å². The second-order valence-corrected chi connectivity index (χ2v) is 9.54. The number of hydrogen-bond donors (Lipinski definition) is 0. The molecule has 0 aliphatic carbocycles. The first-order valence-corrected chi connectivity index (χ1v) is 11.3. The molecule has 0 N–H and O–H groups in total. The molecule has 8 heteroatoms. The van der Waals surface area contributed by atoms with E-state index in [1.54, 1.807) is 34.9 Å². The Kier molecular flexibility index (Phi) is 4.74. The Balaban J connectivity index is 1.77. The second kappa shape index (κ2) is 7.49. The molecule has 32 heavy (non-hydrogen) atoms. The number of ether oxygens (including phenoxy) is 2. The van der Waals surface area contributed by atoms with Gasteiger partial charge in [-0.1, -0.05) is 29.8 Å². The summed E-state index contributed by atoms with van der Waals surface area (Å²) in [7, 11) is -4.09. The minimum absolute atomic E-state index is 0.0122. The maximum atomic E-state index is 13.8. The second-order valence-electron chi connectivity index (χ2n) is 7.62. The third-order valence-corrected chi connectivity index (χ3v) is 7.17. The van der Waals surface area contributed by atoms with E-state index >= 15 is 0 Å². The van der Waals surface area contributed by atoms with Crippen molar-refractivity contribution in [2.75, 3.05) is 6.79 Å². The zero-order chi connectivity index (χ0) is 22.5. The van der Waals surface area contributed by atoms with Crippen LogP contribution in [0.1, 0.15) is 11.1 Å². The molecule has 0 amide bonds. The molecule has 0 spiro atoms. The van der Waals surface area contributed by atoms with Crippen LogP contribution in [0.3, 0.4) is 0 Å². The molecule has 4 aromatic rings. The lowest BCUT2D eigenvalue weighted by molar-refractivity contribution is 0.174. The summed E-state index contributed by atoms with van der Waals surface area (Å²) < 4.78 is 52.9. The topological polar surface area (TPSA) is 74.6 Å². The SMILES string of the molecule is Cc1ccc(S(=O)(=O)c2cn(Cc3cccc(F)c3)c3cc4c(cc3c2=O)OCO4)cc1. The molecule has 1 aliphatic heterocycles.